The first kappa shape index (κ1) is 14.7. The van der Waals surface area contributed by atoms with Gasteiger partial charge < -0.3 is 5.32 Å². The zero-order chi connectivity index (χ0) is 15.0. The van der Waals surface area contributed by atoms with Crippen molar-refractivity contribution >= 4 is 0 Å². The summed E-state index contributed by atoms with van der Waals surface area (Å²) < 4.78 is 16.3. The third kappa shape index (κ3) is 2.36. The molecule has 20 heavy (non-hydrogen) atoms. The quantitative estimate of drug-likeness (QED) is 0.933. The Labute approximate surface area is 119 Å². The van der Waals surface area contributed by atoms with Crippen molar-refractivity contribution in [1.29, 1.82) is 0 Å². The second-order valence-corrected chi connectivity index (χ2v) is 5.41. The van der Waals surface area contributed by atoms with Crippen molar-refractivity contribution in [2.24, 2.45) is 7.05 Å². The van der Waals surface area contributed by atoms with E-state index in [4.69, 9.17) is 0 Å². The van der Waals surface area contributed by atoms with Crippen LogP contribution in [0, 0.1) is 33.5 Å². The maximum atomic E-state index is 14.4. The fourth-order valence-corrected chi connectivity index (χ4v) is 2.93. The summed E-state index contributed by atoms with van der Waals surface area (Å²) in [5, 5.41) is 7.67. The molecule has 0 spiro atoms. The summed E-state index contributed by atoms with van der Waals surface area (Å²) in [5.74, 6) is -0.162. The van der Waals surface area contributed by atoms with E-state index in [1.807, 2.05) is 52.5 Å². The largest absolute Gasteiger partial charge is 0.309 e. The van der Waals surface area contributed by atoms with E-state index >= 15 is 0 Å². The van der Waals surface area contributed by atoms with Crippen molar-refractivity contribution in [3.05, 3.63) is 51.6 Å². The zero-order valence-electron chi connectivity index (χ0n) is 13.0. The summed E-state index contributed by atoms with van der Waals surface area (Å²) in [5.41, 5.74) is 5.66. The zero-order valence-corrected chi connectivity index (χ0v) is 13.0. The molecule has 108 valence electrons. The molecule has 0 bridgehead atoms. The van der Waals surface area contributed by atoms with Gasteiger partial charge in [0.05, 0.1) is 11.7 Å². The van der Waals surface area contributed by atoms with Gasteiger partial charge >= 0.3 is 0 Å². The molecule has 1 aromatic carbocycles. The lowest BCUT2D eigenvalue weighted by atomic mass is 9.92. The van der Waals surface area contributed by atoms with Gasteiger partial charge in [0.1, 0.15) is 5.82 Å². The third-order valence-electron chi connectivity index (χ3n) is 3.91. The molecule has 0 aliphatic carbocycles. The van der Waals surface area contributed by atoms with Gasteiger partial charge in [0.15, 0.2) is 0 Å². The Hall–Kier alpha value is -1.68. The smallest absolute Gasteiger partial charge is 0.128 e. The van der Waals surface area contributed by atoms with Crippen LogP contribution in [0.1, 0.15) is 39.7 Å². The molecule has 0 fully saturated rings. The summed E-state index contributed by atoms with van der Waals surface area (Å²) in [6, 6.07) is 3.43. The van der Waals surface area contributed by atoms with Crippen LogP contribution in [0.2, 0.25) is 0 Å². The maximum Gasteiger partial charge on any atom is 0.128 e. The van der Waals surface area contributed by atoms with Gasteiger partial charge in [-0.2, -0.15) is 5.10 Å². The number of nitrogens with one attached hydrogen (secondary N) is 1. The molecule has 0 saturated carbocycles. The normalized spacial score (nSPS) is 12.8. The summed E-state index contributed by atoms with van der Waals surface area (Å²) in [7, 11) is 3.77. The van der Waals surface area contributed by atoms with Gasteiger partial charge in [-0.25, -0.2) is 4.39 Å². The van der Waals surface area contributed by atoms with Crippen LogP contribution >= 0.6 is 0 Å². The second kappa shape index (κ2) is 5.37. The van der Waals surface area contributed by atoms with Crippen molar-refractivity contribution in [2.45, 2.75) is 33.7 Å². The number of rotatable bonds is 3. The van der Waals surface area contributed by atoms with E-state index in [2.05, 4.69) is 10.4 Å². The lowest BCUT2D eigenvalue weighted by Crippen LogP contribution is -2.21. The number of benzene rings is 1. The van der Waals surface area contributed by atoms with Gasteiger partial charge in [0.2, 0.25) is 0 Å². The standard InChI is InChI=1S/C16H22FN3/c1-9-7-10(2)14(13(17)8-9)16(18-5)15-11(3)19-20(6)12(15)4/h7-8,16,18H,1-6H3. The highest BCUT2D eigenvalue weighted by atomic mass is 19.1. The second-order valence-electron chi connectivity index (χ2n) is 5.41. The molecule has 3 nitrogen and oxygen atoms in total. The van der Waals surface area contributed by atoms with Crippen LogP contribution < -0.4 is 5.32 Å². The number of hydrogen-bond donors (Lipinski definition) is 1. The summed E-state index contributed by atoms with van der Waals surface area (Å²) in [4.78, 5) is 0. The predicted octanol–water partition coefficient (Wildman–Crippen LogP) is 3.10. The van der Waals surface area contributed by atoms with Crippen molar-refractivity contribution in [2.75, 3.05) is 7.05 Å². The fourth-order valence-electron chi connectivity index (χ4n) is 2.93. The van der Waals surface area contributed by atoms with E-state index in [0.29, 0.717) is 5.56 Å². The van der Waals surface area contributed by atoms with Crippen LogP contribution in [0.25, 0.3) is 0 Å². The Kier molecular flexibility index (Phi) is 3.95. The van der Waals surface area contributed by atoms with Crippen LogP contribution in [-0.2, 0) is 7.05 Å². The highest BCUT2D eigenvalue weighted by Crippen LogP contribution is 2.31. The first-order valence-electron chi connectivity index (χ1n) is 6.80. The summed E-state index contributed by atoms with van der Waals surface area (Å²) in [6.45, 7) is 7.85. The molecule has 1 unspecified atom stereocenters. The van der Waals surface area contributed by atoms with Crippen molar-refractivity contribution < 1.29 is 4.39 Å². The fraction of sp³-hybridized carbons (Fsp3) is 0.438. The van der Waals surface area contributed by atoms with E-state index in [1.165, 1.54) is 0 Å². The lowest BCUT2D eigenvalue weighted by molar-refractivity contribution is 0.569. The van der Waals surface area contributed by atoms with Crippen LogP contribution in [0.3, 0.4) is 0 Å². The molecule has 0 radical (unpaired) electrons. The van der Waals surface area contributed by atoms with Gasteiger partial charge in [0, 0.05) is 23.9 Å². The lowest BCUT2D eigenvalue weighted by Gasteiger charge is -2.21. The van der Waals surface area contributed by atoms with Crippen molar-refractivity contribution in [3.8, 4) is 0 Å². The molecule has 1 aromatic heterocycles. The van der Waals surface area contributed by atoms with Gasteiger partial charge in [-0.15, -0.1) is 0 Å². The average Bonchev–Trinajstić information content (AvgIpc) is 2.59. The van der Waals surface area contributed by atoms with Gasteiger partial charge in [0.25, 0.3) is 0 Å². The highest BCUT2D eigenvalue weighted by molar-refractivity contribution is 5.42. The van der Waals surface area contributed by atoms with Gasteiger partial charge in [-0.3, -0.25) is 4.68 Å². The summed E-state index contributed by atoms with van der Waals surface area (Å²) in [6.07, 6.45) is 0. The van der Waals surface area contributed by atoms with E-state index in [0.717, 1.165) is 28.1 Å². The van der Waals surface area contributed by atoms with E-state index in [9.17, 15) is 4.39 Å². The average molecular weight is 275 g/mol. The van der Waals surface area contributed by atoms with Crippen LogP contribution in [0.5, 0.6) is 0 Å². The number of aromatic nitrogens is 2. The Morgan fingerprint density at radius 3 is 2.25 bits per heavy atom. The minimum atomic E-state index is -0.177. The summed E-state index contributed by atoms with van der Waals surface area (Å²) >= 11 is 0. The first-order chi connectivity index (χ1) is 9.36. The topological polar surface area (TPSA) is 29.9 Å². The SMILES string of the molecule is CNC(c1c(C)cc(C)cc1F)c1c(C)nn(C)c1C. The number of nitrogens with zero attached hydrogens (tertiary/aromatic N) is 2. The van der Waals surface area contributed by atoms with Gasteiger partial charge in [-0.1, -0.05) is 6.07 Å². The Morgan fingerprint density at radius 2 is 1.80 bits per heavy atom. The van der Waals surface area contributed by atoms with Crippen LogP contribution in [0.4, 0.5) is 4.39 Å². The molecule has 0 aliphatic rings. The molecule has 2 rings (SSSR count). The van der Waals surface area contributed by atoms with Crippen molar-refractivity contribution in [1.82, 2.24) is 15.1 Å². The maximum absolute atomic E-state index is 14.4. The molecule has 0 saturated heterocycles. The molecular formula is C16H22FN3. The molecule has 1 atom stereocenters. The molecule has 1 N–H and O–H groups in total. The minimum Gasteiger partial charge on any atom is -0.309 e. The number of aryl methyl sites for hydroxylation is 4. The van der Waals surface area contributed by atoms with Crippen molar-refractivity contribution in [3.63, 3.8) is 0 Å². The monoisotopic (exact) mass is 275 g/mol. The van der Waals surface area contributed by atoms with E-state index in [-0.39, 0.29) is 11.9 Å². The molecule has 0 aliphatic heterocycles. The van der Waals surface area contributed by atoms with E-state index in [1.54, 1.807) is 6.07 Å². The molecule has 0 amide bonds. The highest BCUT2D eigenvalue weighted by Gasteiger charge is 2.24. The van der Waals surface area contributed by atoms with E-state index < -0.39 is 0 Å². The molecule has 1 heterocycles. The minimum absolute atomic E-state index is 0.162. The van der Waals surface area contributed by atoms with Gasteiger partial charge in [-0.05, 0) is 51.9 Å². The molecule has 4 heteroatoms. The number of halogens is 1. The van der Waals surface area contributed by atoms with Crippen LogP contribution in [0.15, 0.2) is 12.1 Å². The Balaban J connectivity index is 2.65. The Bertz CT molecular complexity index is 620. The Morgan fingerprint density at radius 1 is 1.15 bits per heavy atom. The first-order valence-corrected chi connectivity index (χ1v) is 6.80. The molecular weight excluding hydrogens is 253 g/mol. The third-order valence-corrected chi connectivity index (χ3v) is 3.91. The molecule has 2 aromatic rings. The van der Waals surface area contributed by atoms with Crippen LogP contribution in [-0.4, -0.2) is 16.8 Å². The predicted molar refractivity (Wildman–Crippen MR) is 79.5 cm³/mol. The number of hydrogen-bond acceptors (Lipinski definition) is 2.